The third-order valence-corrected chi connectivity index (χ3v) is 4.89. The van der Waals surface area contributed by atoms with Crippen molar-refractivity contribution in [3.63, 3.8) is 0 Å². The quantitative estimate of drug-likeness (QED) is 0.754. The molecule has 5 heteroatoms. The Bertz CT molecular complexity index is 678. The highest BCUT2D eigenvalue weighted by atomic mass is 35.5. The molecule has 2 N–H and O–H groups in total. The number of allylic oxidation sites excluding steroid dienone is 1. The fourth-order valence-corrected chi connectivity index (χ4v) is 3.05. The molecule has 2 nitrogen and oxygen atoms in total. The zero-order chi connectivity index (χ0) is 15.9. The summed E-state index contributed by atoms with van der Waals surface area (Å²) >= 11 is 6.13. The van der Waals surface area contributed by atoms with Gasteiger partial charge in [-0.15, -0.1) is 0 Å². The third kappa shape index (κ3) is 2.98. The van der Waals surface area contributed by atoms with Crippen LogP contribution >= 0.6 is 11.6 Å². The number of halogens is 3. The molecule has 0 atom stereocenters. The van der Waals surface area contributed by atoms with Crippen molar-refractivity contribution in [3.05, 3.63) is 46.8 Å². The van der Waals surface area contributed by atoms with E-state index in [9.17, 15) is 8.78 Å². The van der Waals surface area contributed by atoms with Crippen molar-refractivity contribution >= 4 is 22.5 Å². The predicted molar refractivity (Wildman–Crippen MR) is 86.3 cm³/mol. The van der Waals surface area contributed by atoms with Gasteiger partial charge in [-0.1, -0.05) is 18.2 Å². The van der Waals surface area contributed by atoms with Gasteiger partial charge < -0.3 is 10.3 Å². The molecule has 1 heterocycles. The lowest BCUT2D eigenvalue weighted by molar-refractivity contribution is 0.115. The number of aromatic nitrogens is 1. The molecule has 2 aromatic rings. The van der Waals surface area contributed by atoms with Crippen LogP contribution in [-0.4, -0.2) is 11.4 Å². The van der Waals surface area contributed by atoms with Crippen LogP contribution in [0.1, 0.15) is 30.5 Å². The van der Waals surface area contributed by atoms with Crippen molar-refractivity contribution in [2.75, 3.05) is 0 Å². The first-order valence-electron chi connectivity index (χ1n) is 7.39. The lowest BCUT2D eigenvalue weighted by atomic mass is 9.99. The van der Waals surface area contributed by atoms with E-state index in [0.717, 1.165) is 45.7 Å². The van der Waals surface area contributed by atoms with E-state index in [2.05, 4.69) is 16.9 Å². The largest absolute Gasteiger partial charge is 0.383 e. The van der Waals surface area contributed by atoms with Gasteiger partial charge in [0, 0.05) is 39.2 Å². The van der Waals surface area contributed by atoms with Crippen LogP contribution in [0.25, 0.3) is 10.9 Å². The number of aryl methyl sites for hydroxylation is 1. The van der Waals surface area contributed by atoms with Crippen molar-refractivity contribution < 1.29 is 8.78 Å². The number of aromatic amines is 1. The first-order valence-corrected chi connectivity index (χ1v) is 7.77. The van der Waals surface area contributed by atoms with Crippen LogP contribution in [0, 0.1) is 12.3 Å². The SMILES string of the molecule is C=C(NCc1cc2cc(Cl)c(C)cc2[nH]1)C1(CC(F)F)CC1. The minimum Gasteiger partial charge on any atom is -0.383 e. The summed E-state index contributed by atoms with van der Waals surface area (Å²) in [5.74, 6) is 0. The molecule has 0 unspecified atom stereocenters. The molecule has 1 aliphatic carbocycles. The molecule has 1 fully saturated rings. The number of hydrogen-bond acceptors (Lipinski definition) is 1. The second-order valence-electron chi connectivity index (χ2n) is 6.19. The molecular formula is C17H19ClF2N2. The fourth-order valence-electron chi connectivity index (χ4n) is 2.88. The average molecular weight is 325 g/mol. The summed E-state index contributed by atoms with van der Waals surface area (Å²) in [6, 6.07) is 5.96. The molecule has 0 spiro atoms. The maximum absolute atomic E-state index is 12.6. The van der Waals surface area contributed by atoms with E-state index in [1.165, 1.54) is 0 Å². The molecule has 0 radical (unpaired) electrons. The van der Waals surface area contributed by atoms with E-state index in [4.69, 9.17) is 11.6 Å². The number of alkyl halides is 2. The zero-order valence-corrected chi connectivity index (χ0v) is 13.2. The van der Waals surface area contributed by atoms with Gasteiger partial charge in [0.2, 0.25) is 6.43 Å². The van der Waals surface area contributed by atoms with Crippen molar-refractivity contribution in [3.8, 4) is 0 Å². The van der Waals surface area contributed by atoms with E-state index in [1.807, 2.05) is 25.1 Å². The van der Waals surface area contributed by atoms with E-state index in [-0.39, 0.29) is 6.42 Å². The van der Waals surface area contributed by atoms with Crippen LogP contribution < -0.4 is 5.32 Å². The Labute approximate surface area is 133 Å². The van der Waals surface area contributed by atoms with Crippen LogP contribution in [0.4, 0.5) is 8.78 Å². The highest BCUT2D eigenvalue weighted by Gasteiger charge is 2.47. The molecule has 1 aliphatic rings. The smallest absolute Gasteiger partial charge is 0.239 e. The van der Waals surface area contributed by atoms with Crippen LogP contribution in [-0.2, 0) is 6.54 Å². The Kier molecular flexibility index (Phi) is 3.89. The molecule has 0 amide bonds. The molecule has 0 bridgehead atoms. The van der Waals surface area contributed by atoms with E-state index >= 15 is 0 Å². The minimum atomic E-state index is -2.28. The highest BCUT2D eigenvalue weighted by Crippen LogP contribution is 2.54. The molecule has 1 aromatic heterocycles. The third-order valence-electron chi connectivity index (χ3n) is 4.49. The second kappa shape index (κ2) is 5.58. The summed E-state index contributed by atoms with van der Waals surface area (Å²) < 4.78 is 25.2. The Morgan fingerprint density at radius 2 is 2.14 bits per heavy atom. The summed E-state index contributed by atoms with van der Waals surface area (Å²) in [7, 11) is 0. The van der Waals surface area contributed by atoms with E-state index < -0.39 is 11.8 Å². The molecule has 1 saturated carbocycles. The summed E-state index contributed by atoms with van der Waals surface area (Å²) in [5.41, 5.74) is 3.36. The summed E-state index contributed by atoms with van der Waals surface area (Å²) in [4.78, 5) is 3.32. The summed E-state index contributed by atoms with van der Waals surface area (Å²) in [6.07, 6.45) is -0.783. The minimum absolute atomic E-state index is 0.0969. The lowest BCUT2D eigenvalue weighted by Gasteiger charge is -2.19. The van der Waals surface area contributed by atoms with Gasteiger partial charge in [-0.2, -0.15) is 0 Å². The van der Waals surface area contributed by atoms with Gasteiger partial charge in [-0.3, -0.25) is 0 Å². The van der Waals surface area contributed by atoms with E-state index in [1.54, 1.807) is 0 Å². The Morgan fingerprint density at radius 3 is 2.77 bits per heavy atom. The Morgan fingerprint density at radius 1 is 1.41 bits per heavy atom. The number of benzene rings is 1. The summed E-state index contributed by atoms with van der Waals surface area (Å²) in [5, 5.41) is 4.99. The van der Waals surface area contributed by atoms with Gasteiger partial charge in [-0.25, -0.2) is 8.78 Å². The van der Waals surface area contributed by atoms with Gasteiger partial charge in [0.25, 0.3) is 0 Å². The fraction of sp³-hybridized carbons (Fsp3) is 0.412. The normalized spacial score (nSPS) is 16.2. The van der Waals surface area contributed by atoms with Crippen LogP contribution in [0.3, 0.4) is 0 Å². The van der Waals surface area contributed by atoms with Gasteiger partial charge >= 0.3 is 0 Å². The predicted octanol–water partition coefficient (Wildman–Crippen LogP) is 5.17. The van der Waals surface area contributed by atoms with Crippen LogP contribution in [0.15, 0.2) is 30.5 Å². The molecule has 1 aromatic carbocycles. The molecule has 0 saturated heterocycles. The standard InChI is InChI=1S/C17H19ClF2N2/c1-10-5-15-12(7-14(10)18)6-13(22-15)9-21-11(2)17(3-4-17)8-16(19)20/h5-7,16,21-22H,2-4,8-9H2,1H3. The maximum atomic E-state index is 12.6. The Hall–Kier alpha value is -1.55. The van der Waals surface area contributed by atoms with Gasteiger partial charge in [0.05, 0.1) is 6.54 Å². The van der Waals surface area contributed by atoms with E-state index in [0.29, 0.717) is 6.54 Å². The van der Waals surface area contributed by atoms with Gasteiger partial charge in [0.15, 0.2) is 0 Å². The van der Waals surface area contributed by atoms with Gasteiger partial charge in [0.1, 0.15) is 0 Å². The van der Waals surface area contributed by atoms with Crippen molar-refractivity contribution in [2.45, 2.75) is 39.2 Å². The molecule has 118 valence electrons. The van der Waals surface area contributed by atoms with Crippen LogP contribution in [0.2, 0.25) is 5.02 Å². The first-order chi connectivity index (χ1) is 10.4. The number of H-pyrrole nitrogens is 1. The molecule has 0 aliphatic heterocycles. The Balaban J connectivity index is 1.68. The maximum Gasteiger partial charge on any atom is 0.239 e. The lowest BCUT2D eigenvalue weighted by Crippen LogP contribution is -2.22. The zero-order valence-electron chi connectivity index (χ0n) is 12.5. The number of rotatable bonds is 6. The van der Waals surface area contributed by atoms with Crippen LogP contribution in [0.5, 0.6) is 0 Å². The highest BCUT2D eigenvalue weighted by molar-refractivity contribution is 6.32. The first kappa shape index (κ1) is 15.3. The molecule has 22 heavy (non-hydrogen) atoms. The topological polar surface area (TPSA) is 27.8 Å². The summed E-state index contributed by atoms with van der Waals surface area (Å²) in [6.45, 7) is 6.47. The number of nitrogens with one attached hydrogen (secondary N) is 2. The van der Waals surface area contributed by atoms with Crippen molar-refractivity contribution in [1.29, 1.82) is 0 Å². The number of hydrogen-bond donors (Lipinski definition) is 2. The monoisotopic (exact) mass is 324 g/mol. The number of fused-ring (bicyclic) bond motifs is 1. The molecular weight excluding hydrogens is 306 g/mol. The van der Waals surface area contributed by atoms with Gasteiger partial charge in [-0.05, 0) is 43.5 Å². The average Bonchev–Trinajstić information content (AvgIpc) is 3.11. The second-order valence-corrected chi connectivity index (χ2v) is 6.60. The van der Waals surface area contributed by atoms with Crippen molar-refractivity contribution in [1.82, 2.24) is 10.3 Å². The van der Waals surface area contributed by atoms with Crippen molar-refractivity contribution in [2.24, 2.45) is 5.41 Å². The molecule has 3 rings (SSSR count).